The van der Waals surface area contributed by atoms with Gasteiger partial charge in [-0.1, -0.05) is 89.7 Å². The minimum absolute atomic E-state index is 0.0142. The fraction of sp³-hybridized carbons (Fsp3) is 0.714. The van der Waals surface area contributed by atoms with Crippen LogP contribution in [-0.2, 0) is 25.7 Å². The second-order valence-corrected chi connectivity index (χ2v) is 9.17. The van der Waals surface area contributed by atoms with E-state index in [1.54, 1.807) is 0 Å². The number of alkyl halides is 3. The molecule has 8 heteroatoms. The zero-order chi connectivity index (χ0) is 26.5. The van der Waals surface area contributed by atoms with E-state index in [0.29, 0.717) is 25.0 Å². The first-order chi connectivity index (χ1) is 17.3. The smallest absolute Gasteiger partial charge is 0.466 e. The minimum Gasteiger partial charge on any atom is -0.466 e. The molecule has 0 radical (unpaired) electrons. The summed E-state index contributed by atoms with van der Waals surface area (Å²) >= 11 is 0. The van der Waals surface area contributed by atoms with Gasteiger partial charge in [0.15, 0.2) is 0 Å². The van der Waals surface area contributed by atoms with Crippen LogP contribution in [0.2, 0.25) is 0 Å². The summed E-state index contributed by atoms with van der Waals surface area (Å²) in [5, 5.41) is 0. The topological polar surface area (TPSA) is 61.8 Å². The zero-order valence-electron chi connectivity index (χ0n) is 21.7. The molecule has 0 aromatic heterocycles. The van der Waals surface area contributed by atoms with Crippen molar-refractivity contribution in [3.8, 4) is 5.75 Å². The van der Waals surface area contributed by atoms with Crippen LogP contribution in [0, 0.1) is 0 Å². The Kier molecular flexibility index (Phi) is 17.6. The highest BCUT2D eigenvalue weighted by Crippen LogP contribution is 2.23. The van der Waals surface area contributed by atoms with Crippen molar-refractivity contribution in [1.82, 2.24) is 0 Å². The molecule has 0 fully saturated rings. The van der Waals surface area contributed by atoms with Gasteiger partial charge in [-0.05, 0) is 37.0 Å². The van der Waals surface area contributed by atoms with Gasteiger partial charge in [0.25, 0.3) is 0 Å². The normalized spacial score (nSPS) is 11.3. The Morgan fingerprint density at radius 3 is 1.67 bits per heavy atom. The molecule has 0 saturated heterocycles. The van der Waals surface area contributed by atoms with E-state index in [4.69, 9.17) is 9.47 Å². The molecule has 0 aliphatic carbocycles. The fourth-order valence-corrected chi connectivity index (χ4v) is 3.76. The van der Waals surface area contributed by atoms with Crippen molar-refractivity contribution in [3.05, 3.63) is 29.8 Å². The van der Waals surface area contributed by atoms with Crippen LogP contribution in [0.1, 0.15) is 115 Å². The second-order valence-electron chi connectivity index (χ2n) is 9.17. The van der Waals surface area contributed by atoms with E-state index in [1.165, 1.54) is 62.8 Å². The first-order valence-electron chi connectivity index (χ1n) is 13.5. The Morgan fingerprint density at radius 2 is 1.14 bits per heavy atom. The number of ether oxygens (including phenoxy) is 3. The number of hydrogen-bond donors (Lipinski definition) is 0. The summed E-state index contributed by atoms with van der Waals surface area (Å²) in [6.45, 7) is 2.76. The van der Waals surface area contributed by atoms with Crippen molar-refractivity contribution in [3.63, 3.8) is 0 Å². The quantitative estimate of drug-likeness (QED) is 0.121. The molecule has 0 unspecified atom stereocenters. The molecule has 0 aliphatic heterocycles. The molecule has 0 aliphatic rings. The molecular formula is C28H43F3O5. The second kappa shape index (κ2) is 19.9. The van der Waals surface area contributed by atoms with Crippen LogP contribution in [0.4, 0.5) is 13.2 Å². The molecule has 0 N–H and O–H groups in total. The zero-order valence-corrected chi connectivity index (χ0v) is 21.7. The van der Waals surface area contributed by atoms with Crippen LogP contribution in [0.5, 0.6) is 5.75 Å². The summed E-state index contributed by atoms with van der Waals surface area (Å²) in [4.78, 5) is 23.6. The van der Waals surface area contributed by atoms with Crippen LogP contribution in [0.15, 0.2) is 24.3 Å². The van der Waals surface area contributed by atoms with E-state index in [9.17, 15) is 22.8 Å². The average Bonchev–Trinajstić information content (AvgIpc) is 2.83. The van der Waals surface area contributed by atoms with Gasteiger partial charge in [0.2, 0.25) is 0 Å². The monoisotopic (exact) mass is 516 g/mol. The summed E-state index contributed by atoms with van der Waals surface area (Å²) in [6.07, 6.45) is 11.2. The third-order valence-electron chi connectivity index (χ3n) is 5.83. The maximum absolute atomic E-state index is 12.2. The number of hydrogen-bond acceptors (Lipinski definition) is 5. The highest BCUT2D eigenvalue weighted by Gasteiger charge is 2.30. The number of halogens is 3. The molecule has 1 rings (SSSR count). The first-order valence-corrected chi connectivity index (χ1v) is 13.5. The fourth-order valence-electron chi connectivity index (χ4n) is 3.76. The standard InChI is InChI=1S/C28H43F3O5/c1-2-3-4-5-6-9-12-15-22-34-26(32)16-13-10-7-8-11-14-17-27(33)35-23-24-18-20-25(21-19-24)36-28(29,30)31/h18-21H,2-17,22-23H2,1H3. The van der Waals surface area contributed by atoms with Gasteiger partial charge < -0.3 is 14.2 Å². The van der Waals surface area contributed by atoms with Crippen molar-refractivity contribution >= 4 is 11.9 Å². The van der Waals surface area contributed by atoms with Crippen molar-refractivity contribution in [2.45, 2.75) is 123 Å². The predicted molar refractivity (Wildman–Crippen MR) is 133 cm³/mol. The van der Waals surface area contributed by atoms with E-state index in [1.807, 2.05) is 0 Å². The summed E-state index contributed by atoms with van der Waals surface area (Å²) in [7, 11) is 0. The first kappa shape index (κ1) is 31.8. The minimum atomic E-state index is -4.73. The van der Waals surface area contributed by atoms with Gasteiger partial charge >= 0.3 is 18.3 Å². The van der Waals surface area contributed by atoms with Crippen LogP contribution >= 0.6 is 0 Å². The van der Waals surface area contributed by atoms with Crippen molar-refractivity contribution in [1.29, 1.82) is 0 Å². The highest BCUT2D eigenvalue weighted by molar-refractivity contribution is 5.69. The van der Waals surface area contributed by atoms with E-state index >= 15 is 0 Å². The summed E-state index contributed by atoms with van der Waals surface area (Å²) in [5.41, 5.74) is 0.592. The molecule has 0 atom stereocenters. The van der Waals surface area contributed by atoms with Gasteiger partial charge in [-0.25, -0.2) is 0 Å². The molecule has 0 spiro atoms. The number of carbonyl (C=O) groups is 2. The Labute approximate surface area is 214 Å². The van der Waals surface area contributed by atoms with Crippen molar-refractivity contribution in [2.75, 3.05) is 6.61 Å². The number of unbranched alkanes of at least 4 members (excludes halogenated alkanes) is 12. The molecule has 1 aromatic rings. The third-order valence-corrected chi connectivity index (χ3v) is 5.83. The van der Waals surface area contributed by atoms with Crippen molar-refractivity contribution in [2.24, 2.45) is 0 Å². The van der Waals surface area contributed by atoms with Gasteiger partial charge in [0.1, 0.15) is 12.4 Å². The van der Waals surface area contributed by atoms with E-state index in [2.05, 4.69) is 11.7 Å². The molecule has 1 aromatic carbocycles. The van der Waals surface area contributed by atoms with Crippen LogP contribution < -0.4 is 4.74 Å². The molecule has 0 bridgehead atoms. The van der Waals surface area contributed by atoms with Gasteiger partial charge in [0, 0.05) is 12.8 Å². The van der Waals surface area contributed by atoms with Gasteiger partial charge in [-0.3, -0.25) is 9.59 Å². The van der Waals surface area contributed by atoms with Crippen molar-refractivity contribution < 1.29 is 37.0 Å². The largest absolute Gasteiger partial charge is 0.573 e. The van der Waals surface area contributed by atoms with E-state index in [0.717, 1.165) is 51.4 Å². The SMILES string of the molecule is CCCCCCCCCCOC(=O)CCCCCCCCC(=O)OCc1ccc(OC(F)(F)F)cc1. The number of esters is 2. The number of carbonyl (C=O) groups excluding carboxylic acids is 2. The molecule has 0 amide bonds. The Balaban J connectivity index is 1.91. The number of benzene rings is 1. The molecule has 206 valence electrons. The Bertz CT molecular complexity index is 704. The molecule has 0 saturated carbocycles. The Morgan fingerprint density at radius 1 is 0.667 bits per heavy atom. The average molecular weight is 517 g/mol. The lowest BCUT2D eigenvalue weighted by Crippen LogP contribution is -2.17. The van der Waals surface area contributed by atoms with E-state index < -0.39 is 6.36 Å². The van der Waals surface area contributed by atoms with E-state index in [-0.39, 0.29) is 24.3 Å². The maximum Gasteiger partial charge on any atom is 0.573 e. The Hall–Kier alpha value is -2.25. The molecule has 0 heterocycles. The van der Waals surface area contributed by atoms with Gasteiger partial charge in [0.05, 0.1) is 6.61 Å². The number of rotatable bonds is 21. The summed E-state index contributed by atoms with van der Waals surface area (Å²) in [5.74, 6) is -0.749. The summed E-state index contributed by atoms with van der Waals surface area (Å²) in [6, 6.07) is 5.24. The molecule has 5 nitrogen and oxygen atoms in total. The van der Waals surface area contributed by atoms with Gasteiger partial charge in [-0.15, -0.1) is 13.2 Å². The van der Waals surface area contributed by atoms with Crippen LogP contribution in [0.25, 0.3) is 0 Å². The van der Waals surface area contributed by atoms with Crippen LogP contribution in [0.3, 0.4) is 0 Å². The summed E-state index contributed by atoms with van der Waals surface area (Å²) < 4.78 is 50.7. The highest BCUT2D eigenvalue weighted by atomic mass is 19.4. The molecule has 36 heavy (non-hydrogen) atoms. The third kappa shape index (κ3) is 19.0. The van der Waals surface area contributed by atoms with Gasteiger partial charge in [-0.2, -0.15) is 0 Å². The predicted octanol–water partition coefficient (Wildman–Crippen LogP) is 8.43. The maximum atomic E-state index is 12.2. The lowest BCUT2D eigenvalue weighted by molar-refractivity contribution is -0.274. The lowest BCUT2D eigenvalue weighted by atomic mass is 10.1. The van der Waals surface area contributed by atoms with Crippen LogP contribution in [-0.4, -0.2) is 24.9 Å². The lowest BCUT2D eigenvalue weighted by Gasteiger charge is -2.09. The molecular weight excluding hydrogens is 473 g/mol.